The highest BCUT2D eigenvalue weighted by molar-refractivity contribution is 5.91. The molecule has 3 aromatic rings. The minimum Gasteiger partial charge on any atom is -0.348 e. The lowest BCUT2D eigenvalue weighted by Gasteiger charge is -2.14. The van der Waals surface area contributed by atoms with E-state index in [4.69, 9.17) is 0 Å². The Morgan fingerprint density at radius 1 is 1.07 bits per heavy atom. The van der Waals surface area contributed by atoms with Gasteiger partial charge < -0.3 is 5.32 Å². The summed E-state index contributed by atoms with van der Waals surface area (Å²) >= 11 is 0. The highest BCUT2D eigenvalue weighted by atomic mass is 16.2. The molecule has 7 heteroatoms. The maximum absolute atomic E-state index is 13.2. The molecule has 0 unspecified atom stereocenters. The van der Waals surface area contributed by atoms with Crippen LogP contribution in [0.5, 0.6) is 0 Å². The molecule has 1 aromatic heterocycles. The molecule has 1 atom stereocenters. The summed E-state index contributed by atoms with van der Waals surface area (Å²) in [6, 6.07) is 14.6. The van der Waals surface area contributed by atoms with Gasteiger partial charge in [-0.2, -0.15) is 9.78 Å². The molecule has 1 N–H and O–H groups in total. The average molecular weight is 406 g/mol. The number of hydrogen-bond donors (Lipinski definition) is 1. The molecule has 0 saturated heterocycles. The summed E-state index contributed by atoms with van der Waals surface area (Å²) in [6.07, 6.45) is 0.709. The summed E-state index contributed by atoms with van der Waals surface area (Å²) in [5, 5.41) is 6.92. The Morgan fingerprint density at radius 2 is 1.73 bits per heavy atom. The highest BCUT2D eigenvalue weighted by Crippen LogP contribution is 2.08. The van der Waals surface area contributed by atoms with Gasteiger partial charge in [0.05, 0.1) is 12.2 Å². The Balaban J connectivity index is 2.20. The van der Waals surface area contributed by atoms with Gasteiger partial charge in [-0.1, -0.05) is 48.9 Å². The van der Waals surface area contributed by atoms with Gasteiger partial charge in [0.1, 0.15) is 0 Å². The van der Waals surface area contributed by atoms with Crippen LogP contribution >= 0.6 is 0 Å². The first kappa shape index (κ1) is 21.2. The van der Waals surface area contributed by atoms with E-state index in [1.807, 2.05) is 58.0 Å². The number of amides is 1. The first-order chi connectivity index (χ1) is 14.3. The highest BCUT2D eigenvalue weighted by Gasteiger charge is 2.21. The van der Waals surface area contributed by atoms with Crippen LogP contribution in [0.4, 0.5) is 0 Å². The van der Waals surface area contributed by atoms with E-state index in [-0.39, 0.29) is 18.3 Å². The maximum Gasteiger partial charge on any atom is 0.352 e. The van der Waals surface area contributed by atoms with E-state index < -0.39 is 17.2 Å². The lowest BCUT2D eigenvalue weighted by atomic mass is 10.1. The first-order valence-electron chi connectivity index (χ1n) is 9.97. The molecule has 156 valence electrons. The van der Waals surface area contributed by atoms with E-state index in [0.717, 1.165) is 25.9 Å². The zero-order valence-electron chi connectivity index (χ0n) is 17.7. The van der Waals surface area contributed by atoms with Crippen molar-refractivity contribution < 1.29 is 4.79 Å². The van der Waals surface area contributed by atoms with Crippen molar-refractivity contribution in [2.45, 2.75) is 46.7 Å². The van der Waals surface area contributed by atoms with Gasteiger partial charge in [-0.25, -0.2) is 4.79 Å². The Kier molecular flexibility index (Phi) is 6.30. The van der Waals surface area contributed by atoms with Crippen LogP contribution in [-0.2, 0) is 6.54 Å². The largest absolute Gasteiger partial charge is 0.352 e. The fourth-order valence-corrected chi connectivity index (χ4v) is 3.11. The van der Waals surface area contributed by atoms with E-state index in [9.17, 15) is 14.4 Å². The van der Waals surface area contributed by atoms with E-state index in [0.29, 0.717) is 12.1 Å². The fraction of sp³-hybridized carbons (Fsp3) is 0.304. The van der Waals surface area contributed by atoms with Crippen molar-refractivity contribution >= 4 is 5.91 Å². The molecule has 3 rings (SSSR count). The second-order valence-electron chi connectivity index (χ2n) is 7.55. The van der Waals surface area contributed by atoms with Gasteiger partial charge in [-0.3, -0.25) is 14.2 Å². The van der Waals surface area contributed by atoms with Crippen LogP contribution < -0.4 is 16.6 Å². The molecule has 2 aromatic carbocycles. The predicted octanol–water partition coefficient (Wildman–Crippen LogP) is 2.59. The van der Waals surface area contributed by atoms with Crippen LogP contribution in [0.3, 0.4) is 0 Å². The normalized spacial score (nSPS) is 11.9. The molecule has 0 aliphatic carbocycles. The van der Waals surface area contributed by atoms with Crippen LogP contribution in [0.15, 0.2) is 58.1 Å². The number of aryl methyl sites for hydroxylation is 2. The Morgan fingerprint density at radius 3 is 2.37 bits per heavy atom. The molecule has 30 heavy (non-hydrogen) atoms. The van der Waals surface area contributed by atoms with Crippen molar-refractivity contribution in [2.75, 3.05) is 0 Å². The van der Waals surface area contributed by atoms with E-state index >= 15 is 0 Å². The smallest absolute Gasteiger partial charge is 0.348 e. The standard InChI is InChI=1S/C23H26N4O3/c1-5-17(4)24-21(28)20-22(29)26(14-18-10-6-8-15(2)12-18)23(30)27(25-20)19-11-7-9-16(3)13-19/h6-13,17H,5,14H2,1-4H3,(H,24,28)/t17-/m1/s1. The molecule has 0 radical (unpaired) electrons. The van der Waals surface area contributed by atoms with Gasteiger partial charge in [-0.15, -0.1) is 0 Å². The summed E-state index contributed by atoms with van der Waals surface area (Å²) in [5.41, 5.74) is 1.65. The van der Waals surface area contributed by atoms with Gasteiger partial charge in [0.15, 0.2) is 0 Å². The van der Waals surface area contributed by atoms with Gasteiger partial charge in [0.2, 0.25) is 5.69 Å². The van der Waals surface area contributed by atoms with Crippen molar-refractivity contribution in [1.82, 2.24) is 19.7 Å². The second kappa shape index (κ2) is 8.90. The van der Waals surface area contributed by atoms with Crippen LogP contribution in [0.1, 0.15) is 47.4 Å². The monoisotopic (exact) mass is 406 g/mol. The summed E-state index contributed by atoms with van der Waals surface area (Å²) in [7, 11) is 0. The van der Waals surface area contributed by atoms with Crippen LogP contribution in [-0.4, -0.2) is 26.3 Å². The maximum atomic E-state index is 13.2. The molecule has 0 spiro atoms. The Labute approximate surface area is 175 Å². The number of aromatic nitrogens is 3. The zero-order valence-corrected chi connectivity index (χ0v) is 17.7. The third-order valence-corrected chi connectivity index (χ3v) is 4.93. The molecular weight excluding hydrogens is 380 g/mol. The van der Waals surface area contributed by atoms with Crippen LogP contribution in [0.2, 0.25) is 0 Å². The molecule has 1 heterocycles. The van der Waals surface area contributed by atoms with Crippen molar-refractivity contribution in [3.8, 4) is 5.69 Å². The molecule has 7 nitrogen and oxygen atoms in total. The lowest BCUT2D eigenvalue weighted by Crippen LogP contribution is -2.47. The first-order valence-corrected chi connectivity index (χ1v) is 9.97. The van der Waals surface area contributed by atoms with Gasteiger partial charge in [-0.05, 0) is 50.5 Å². The van der Waals surface area contributed by atoms with Gasteiger partial charge >= 0.3 is 5.69 Å². The summed E-state index contributed by atoms with van der Waals surface area (Å²) in [5.74, 6) is -0.589. The van der Waals surface area contributed by atoms with Gasteiger partial charge in [0, 0.05) is 6.04 Å². The third-order valence-electron chi connectivity index (χ3n) is 4.93. The zero-order chi connectivity index (χ0) is 21.8. The number of nitrogens with one attached hydrogen (secondary N) is 1. The third kappa shape index (κ3) is 4.56. The minimum absolute atomic E-state index is 0.0529. The molecule has 0 fully saturated rings. The number of benzene rings is 2. The van der Waals surface area contributed by atoms with Crippen molar-refractivity contribution in [1.29, 1.82) is 0 Å². The van der Waals surface area contributed by atoms with Crippen LogP contribution in [0, 0.1) is 13.8 Å². The molecule has 0 saturated carbocycles. The quantitative estimate of drug-likeness (QED) is 0.682. The van der Waals surface area contributed by atoms with Crippen LogP contribution in [0.25, 0.3) is 5.69 Å². The van der Waals surface area contributed by atoms with Crippen molar-refractivity contribution in [2.24, 2.45) is 0 Å². The van der Waals surface area contributed by atoms with Crippen molar-refractivity contribution in [3.63, 3.8) is 0 Å². The summed E-state index contributed by atoms with van der Waals surface area (Å²) in [4.78, 5) is 39.0. The lowest BCUT2D eigenvalue weighted by molar-refractivity contribution is 0.0929. The van der Waals surface area contributed by atoms with Gasteiger partial charge in [0.25, 0.3) is 11.5 Å². The molecule has 0 aliphatic rings. The number of carbonyl (C=O) groups excluding carboxylic acids is 1. The SMILES string of the molecule is CC[C@@H](C)NC(=O)c1nn(-c2cccc(C)c2)c(=O)n(Cc2cccc(C)c2)c1=O. The number of carbonyl (C=O) groups is 1. The number of hydrogen-bond acceptors (Lipinski definition) is 4. The summed E-state index contributed by atoms with van der Waals surface area (Å²) < 4.78 is 2.19. The number of nitrogens with zero attached hydrogens (tertiary/aromatic N) is 3. The molecule has 1 amide bonds. The summed E-state index contributed by atoms with van der Waals surface area (Å²) in [6.45, 7) is 7.67. The minimum atomic E-state index is -0.703. The van der Waals surface area contributed by atoms with E-state index in [1.165, 1.54) is 0 Å². The molecule has 0 bridgehead atoms. The number of rotatable bonds is 6. The Bertz CT molecular complexity index is 1190. The molecule has 0 aliphatic heterocycles. The second-order valence-corrected chi connectivity index (χ2v) is 7.55. The predicted molar refractivity (Wildman–Crippen MR) is 116 cm³/mol. The van der Waals surface area contributed by atoms with Crippen molar-refractivity contribution in [3.05, 3.63) is 91.8 Å². The Hall–Kier alpha value is -3.48. The van der Waals surface area contributed by atoms with E-state index in [2.05, 4.69) is 10.4 Å². The fourth-order valence-electron chi connectivity index (χ4n) is 3.11. The topological polar surface area (TPSA) is 86.0 Å². The average Bonchev–Trinajstić information content (AvgIpc) is 2.71. The molecular formula is C23H26N4O3. The van der Waals surface area contributed by atoms with E-state index in [1.54, 1.807) is 18.2 Å².